The van der Waals surface area contributed by atoms with Crippen molar-refractivity contribution < 1.29 is 14.3 Å². The molecule has 0 aliphatic carbocycles. The maximum absolute atomic E-state index is 13.5. The van der Waals surface area contributed by atoms with E-state index in [0.717, 1.165) is 6.07 Å². The average molecular weight is 208 g/mol. The van der Waals surface area contributed by atoms with Gasteiger partial charge < -0.3 is 10.0 Å². The third-order valence-electron chi connectivity index (χ3n) is 1.94. The lowest BCUT2D eigenvalue weighted by Gasteiger charge is -2.14. The number of hydrogen-bond donors (Lipinski definition) is 1. The molecule has 4 nitrogen and oxygen atoms in total. The predicted molar refractivity (Wildman–Crippen MR) is 52.4 cm³/mol. The van der Waals surface area contributed by atoms with E-state index < -0.39 is 17.3 Å². The first-order valence-corrected chi connectivity index (χ1v) is 4.12. The summed E-state index contributed by atoms with van der Waals surface area (Å²) in [7, 11) is 3.30. The Morgan fingerprint density at radius 2 is 2.13 bits per heavy atom. The fraction of sp³-hybridized carbons (Fsp3) is 0.200. The molecule has 0 bridgehead atoms. The maximum atomic E-state index is 13.5. The van der Waals surface area contributed by atoms with Gasteiger partial charge >= 0.3 is 5.97 Å². The summed E-state index contributed by atoms with van der Waals surface area (Å²) < 4.78 is 13.5. The van der Waals surface area contributed by atoms with Crippen LogP contribution in [0.4, 0.5) is 10.1 Å². The summed E-state index contributed by atoms with van der Waals surface area (Å²) in [5.74, 6) is -2.37. The second-order valence-electron chi connectivity index (χ2n) is 3.13. The monoisotopic (exact) mass is 208 g/mol. The van der Waals surface area contributed by atoms with Gasteiger partial charge in [-0.2, -0.15) is 5.26 Å². The van der Waals surface area contributed by atoms with Gasteiger partial charge in [-0.1, -0.05) is 0 Å². The Balaban J connectivity index is 3.48. The summed E-state index contributed by atoms with van der Waals surface area (Å²) in [6.45, 7) is 0. The number of aromatic carboxylic acids is 1. The van der Waals surface area contributed by atoms with Gasteiger partial charge in [-0.15, -0.1) is 0 Å². The van der Waals surface area contributed by atoms with Gasteiger partial charge in [0.15, 0.2) is 5.82 Å². The van der Waals surface area contributed by atoms with Crippen LogP contribution in [0.25, 0.3) is 0 Å². The lowest BCUT2D eigenvalue weighted by atomic mass is 10.1. The molecule has 5 heteroatoms. The van der Waals surface area contributed by atoms with E-state index in [2.05, 4.69) is 0 Å². The van der Waals surface area contributed by atoms with Gasteiger partial charge in [0.25, 0.3) is 0 Å². The summed E-state index contributed by atoms with van der Waals surface area (Å²) in [6.07, 6.45) is 0. The standard InChI is InChI=1S/C10H9FN2O2/c1-13(2)8-4-3-6(10(14)15)9(11)7(8)5-12/h3-4H,1-2H3,(H,14,15). The minimum Gasteiger partial charge on any atom is -0.478 e. The summed E-state index contributed by atoms with van der Waals surface area (Å²) in [5, 5.41) is 17.4. The highest BCUT2D eigenvalue weighted by molar-refractivity contribution is 5.89. The van der Waals surface area contributed by atoms with Gasteiger partial charge in [0.2, 0.25) is 0 Å². The van der Waals surface area contributed by atoms with Gasteiger partial charge in [-0.3, -0.25) is 0 Å². The third-order valence-corrected chi connectivity index (χ3v) is 1.94. The van der Waals surface area contributed by atoms with Crippen molar-refractivity contribution in [3.8, 4) is 6.07 Å². The van der Waals surface area contributed by atoms with E-state index in [9.17, 15) is 9.18 Å². The zero-order chi connectivity index (χ0) is 11.6. The van der Waals surface area contributed by atoms with Crippen LogP contribution in [0.15, 0.2) is 12.1 Å². The predicted octanol–water partition coefficient (Wildman–Crippen LogP) is 1.46. The number of carbonyl (C=O) groups is 1. The summed E-state index contributed by atoms with van der Waals surface area (Å²) in [4.78, 5) is 12.2. The molecular formula is C10H9FN2O2. The highest BCUT2D eigenvalue weighted by atomic mass is 19.1. The van der Waals surface area contributed by atoms with Crippen LogP contribution in [0, 0.1) is 17.1 Å². The van der Waals surface area contributed by atoms with Crippen LogP contribution in [-0.2, 0) is 0 Å². The third kappa shape index (κ3) is 1.89. The maximum Gasteiger partial charge on any atom is 0.338 e. The fourth-order valence-electron chi connectivity index (χ4n) is 1.21. The molecule has 0 fully saturated rings. The molecule has 0 aliphatic heterocycles. The van der Waals surface area contributed by atoms with Crippen LogP contribution in [0.3, 0.4) is 0 Å². The van der Waals surface area contributed by atoms with Crippen LogP contribution < -0.4 is 4.90 Å². The van der Waals surface area contributed by atoms with E-state index in [-0.39, 0.29) is 5.56 Å². The van der Waals surface area contributed by atoms with Gasteiger partial charge in [0, 0.05) is 14.1 Å². The Bertz CT molecular complexity index is 449. The van der Waals surface area contributed by atoms with Crippen LogP contribution in [0.5, 0.6) is 0 Å². The molecule has 1 aromatic carbocycles. The molecule has 0 unspecified atom stereocenters. The van der Waals surface area contributed by atoms with Gasteiger partial charge in [-0.25, -0.2) is 9.18 Å². The first kappa shape index (κ1) is 11.0. The minimum atomic E-state index is -1.38. The van der Waals surface area contributed by atoms with Gasteiger partial charge in [-0.05, 0) is 12.1 Å². The van der Waals surface area contributed by atoms with Crippen molar-refractivity contribution in [1.82, 2.24) is 0 Å². The van der Waals surface area contributed by atoms with Crippen LogP contribution in [0.1, 0.15) is 15.9 Å². The molecule has 1 N–H and O–H groups in total. The molecule has 15 heavy (non-hydrogen) atoms. The largest absolute Gasteiger partial charge is 0.478 e. The molecule has 0 saturated carbocycles. The fourth-order valence-corrected chi connectivity index (χ4v) is 1.21. The molecular weight excluding hydrogens is 199 g/mol. The van der Waals surface area contributed by atoms with E-state index in [1.165, 1.54) is 6.07 Å². The molecule has 0 heterocycles. The van der Waals surface area contributed by atoms with E-state index in [0.29, 0.717) is 5.69 Å². The Kier molecular flexibility index (Phi) is 2.90. The lowest BCUT2D eigenvalue weighted by molar-refractivity contribution is 0.0692. The number of anilines is 1. The molecule has 78 valence electrons. The second kappa shape index (κ2) is 3.96. The van der Waals surface area contributed by atoms with Crippen molar-refractivity contribution >= 4 is 11.7 Å². The zero-order valence-electron chi connectivity index (χ0n) is 8.28. The number of rotatable bonds is 2. The number of halogens is 1. The first-order chi connectivity index (χ1) is 6.99. The van der Waals surface area contributed by atoms with E-state index in [1.807, 2.05) is 0 Å². The Morgan fingerprint density at radius 3 is 2.53 bits per heavy atom. The van der Waals surface area contributed by atoms with Gasteiger partial charge in [0.1, 0.15) is 11.6 Å². The molecule has 0 aromatic heterocycles. The normalized spacial score (nSPS) is 9.47. The lowest BCUT2D eigenvalue weighted by Crippen LogP contribution is -2.13. The molecule has 0 spiro atoms. The number of carboxylic acid groups (broad SMARTS) is 1. The number of nitrogens with zero attached hydrogens (tertiary/aromatic N) is 2. The average Bonchev–Trinajstić information content (AvgIpc) is 2.16. The molecule has 0 radical (unpaired) electrons. The van der Waals surface area contributed by atoms with Crippen molar-refractivity contribution in [3.63, 3.8) is 0 Å². The van der Waals surface area contributed by atoms with Crippen molar-refractivity contribution in [2.45, 2.75) is 0 Å². The molecule has 0 atom stereocenters. The van der Waals surface area contributed by atoms with E-state index in [4.69, 9.17) is 10.4 Å². The minimum absolute atomic E-state index is 0.250. The molecule has 0 aliphatic rings. The van der Waals surface area contributed by atoms with Crippen LogP contribution in [-0.4, -0.2) is 25.2 Å². The quantitative estimate of drug-likeness (QED) is 0.799. The number of benzene rings is 1. The van der Waals surface area contributed by atoms with Crippen molar-refractivity contribution in [2.75, 3.05) is 19.0 Å². The van der Waals surface area contributed by atoms with Crippen molar-refractivity contribution in [1.29, 1.82) is 5.26 Å². The summed E-state index contributed by atoms with van der Waals surface area (Å²) in [6, 6.07) is 4.21. The van der Waals surface area contributed by atoms with Crippen molar-refractivity contribution in [2.24, 2.45) is 0 Å². The van der Waals surface area contributed by atoms with Crippen LogP contribution >= 0.6 is 0 Å². The van der Waals surface area contributed by atoms with Crippen molar-refractivity contribution in [3.05, 3.63) is 29.1 Å². The number of nitriles is 1. The zero-order valence-corrected chi connectivity index (χ0v) is 8.28. The Labute approximate surface area is 86.2 Å². The second-order valence-corrected chi connectivity index (χ2v) is 3.13. The molecule has 0 amide bonds. The molecule has 0 saturated heterocycles. The smallest absolute Gasteiger partial charge is 0.338 e. The molecule has 1 aromatic rings. The topological polar surface area (TPSA) is 64.3 Å². The molecule has 1 rings (SSSR count). The highest BCUT2D eigenvalue weighted by Gasteiger charge is 2.18. The van der Waals surface area contributed by atoms with E-state index >= 15 is 0 Å². The van der Waals surface area contributed by atoms with Gasteiger partial charge in [0.05, 0.1) is 11.3 Å². The summed E-state index contributed by atoms with van der Waals surface area (Å²) in [5.41, 5.74) is -0.378. The summed E-state index contributed by atoms with van der Waals surface area (Å²) >= 11 is 0. The Hall–Kier alpha value is -2.09. The highest BCUT2D eigenvalue weighted by Crippen LogP contribution is 2.23. The van der Waals surface area contributed by atoms with E-state index in [1.54, 1.807) is 25.1 Å². The first-order valence-electron chi connectivity index (χ1n) is 4.12. The number of carboxylic acids is 1. The SMILES string of the molecule is CN(C)c1ccc(C(=O)O)c(F)c1C#N. The number of hydrogen-bond acceptors (Lipinski definition) is 3. The Morgan fingerprint density at radius 1 is 1.53 bits per heavy atom. The van der Waals surface area contributed by atoms with Crippen LogP contribution in [0.2, 0.25) is 0 Å².